The van der Waals surface area contributed by atoms with Gasteiger partial charge in [-0.2, -0.15) is 0 Å². The van der Waals surface area contributed by atoms with E-state index in [2.05, 4.69) is 25.5 Å². The van der Waals surface area contributed by atoms with E-state index in [0.717, 1.165) is 19.4 Å². The number of hydrogen-bond donors (Lipinski definition) is 2. The van der Waals surface area contributed by atoms with Crippen molar-refractivity contribution < 1.29 is 9.84 Å². The number of ether oxygens (including phenoxy) is 1. The first-order valence-corrected chi connectivity index (χ1v) is 7.44. The van der Waals surface area contributed by atoms with E-state index in [-0.39, 0.29) is 16.8 Å². The average Bonchev–Trinajstić information content (AvgIpc) is 2.24. The lowest BCUT2D eigenvalue weighted by Crippen LogP contribution is -2.38. The molecule has 1 rings (SSSR count). The van der Waals surface area contributed by atoms with Crippen LogP contribution in [0.5, 0.6) is 0 Å². The standard InChI is InChI=1S/C11H23NO2S.C2H6/c1-8-5-6-9(14-10(8)13)7-12-15-11(2,3)4;1-2/h8-10,12-13H,5-7H2,1-4H3;1-2H3. The van der Waals surface area contributed by atoms with Gasteiger partial charge in [0.1, 0.15) is 0 Å². The Kier molecular flexibility index (Phi) is 8.47. The smallest absolute Gasteiger partial charge is 0.157 e. The van der Waals surface area contributed by atoms with Gasteiger partial charge in [-0.05, 0) is 33.6 Å². The Morgan fingerprint density at radius 1 is 1.29 bits per heavy atom. The van der Waals surface area contributed by atoms with E-state index in [1.807, 2.05) is 20.8 Å². The van der Waals surface area contributed by atoms with Crippen LogP contribution in [0.1, 0.15) is 54.4 Å². The number of aliphatic hydroxyl groups is 1. The predicted molar refractivity (Wildman–Crippen MR) is 76.0 cm³/mol. The van der Waals surface area contributed by atoms with Gasteiger partial charge in [-0.25, -0.2) is 0 Å². The molecule has 4 heteroatoms. The monoisotopic (exact) mass is 263 g/mol. The minimum Gasteiger partial charge on any atom is -0.368 e. The fourth-order valence-electron chi connectivity index (χ4n) is 1.49. The van der Waals surface area contributed by atoms with Crippen molar-refractivity contribution in [3.63, 3.8) is 0 Å². The molecule has 0 spiro atoms. The molecule has 1 aliphatic heterocycles. The molecule has 2 N–H and O–H groups in total. The molecule has 1 aliphatic rings. The Morgan fingerprint density at radius 3 is 2.35 bits per heavy atom. The Bertz CT molecular complexity index is 194. The molecule has 0 aliphatic carbocycles. The summed E-state index contributed by atoms with van der Waals surface area (Å²) in [6, 6.07) is 0. The maximum Gasteiger partial charge on any atom is 0.157 e. The van der Waals surface area contributed by atoms with E-state index < -0.39 is 6.29 Å². The van der Waals surface area contributed by atoms with Crippen LogP contribution in [0.4, 0.5) is 0 Å². The normalized spacial score (nSPS) is 29.5. The van der Waals surface area contributed by atoms with Crippen molar-refractivity contribution >= 4 is 11.9 Å². The van der Waals surface area contributed by atoms with Crippen molar-refractivity contribution in [3.05, 3.63) is 0 Å². The van der Waals surface area contributed by atoms with Gasteiger partial charge in [0.15, 0.2) is 6.29 Å². The molecule has 1 saturated heterocycles. The molecule has 0 aromatic carbocycles. The lowest BCUT2D eigenvalue weighted by molar-refractivity contribution is -0.186. The second-order valence-electron chi connectivity index (χ2n) is 5.27. The number of hydrogen-bond acceptors (Lipinski definition) is 4. The summed E-state index contributed by atoms with van der Waals surface area (Å²) in [5, 5.41) is 9.55. The van der Waals surface area contributed by atoms with Crippen LogP contribution in [0.25, 0.3) is 0 Å². The van der Waals surface area contributed by atoms with E-state index >= 15 is 0 Å². The van der Waals surface area contributed by atoms with Gasteiger partial charge < -0.3 is 9.84 Å². The zero-order valence-corrected chi connectivity index (χ0v) is 12.9. The Balaban J connectivity index is 0.00000121. The summed E-state index contributed by atoms with van der Waals surface area (Å²) in [5.74, 6) is 0.275. The summed E-state index contributed by atoms with van der Waals surface area (Å²) in [7, 11) is 0. The second kappa shape index (κ2) is 8.35. The van der Waals surface area contributed by atoms with Crippen molar-refractivity contribution in [2.75, 3.05) is 6.54 Å². The molecule has 0 aromatic heterocycles. The van der Waals surface area contributed by atoms with Crippen LogP contribution in [0.3, 0.4) is 0 Å². The van der Waals surface area contributed by atoms with Crippen LogP contribution in [0, 0.1) is 5.92 Å². The number of aliphatic hydroxyl groups excluding tert-OH is 1. The van der Waals surface area contributed by atoms with Gasteiger partial charge in [0.05, 0.1) is 6.10 Å². The second-order valence-corrected chi connectivity index (χ2v) is 6.98. The van der Waals surface area contributed by atoms with Gasteiger partial charge in [0.2, 0.25) is 0 Å². The van der Waals surface area contributed by atoms with Crippen molar-refractivity contribution in [3.8, 4) is 0 Å². The van der Waals surface area contributed by atoms with E-state index in [4.69, 9.17) is 4.74 Å². The van der Waals surface area contributed by atoms with E-state index in [9.17, 15) is 5.11 Å². The summed E-state index contributed by atoms with van der Waals surface area (Å²) < 4.78 is 9.03. The van der Waals surface area contributed by atoms with Gasteiger partial charge in [0, 0.05) is 17.2 Å². The summed E-state index contributed by atoms with van der Waals surface area (Å²) in [5.41, 5.74) is 0. The fraction of sp³-hybridized carbons (Fsp3) is 1.00. The lowest BCUT2D eigenvalue weighted by atomic mass is 9.99. The molecule has 104 valence electrons. The molecule has 1 fully saturated rings. The van der Waals surface area contributed by atoms with E-state index in [1.54, 1.807) is 11.9 Å². The highest BCUT2D eigenvalue weighted by Crippen LogP contribution is 2.24. The maximum absolute atomic E-state index is 9.55. The molecule has 3 nitrogen and oxygen atoms in total. The molecular formula is C13H29NO2S. The minimum atomic E-state index is -0.579. The van der Waals surface area contributed by atoms with E-state index in [1.165, 1.54) is 0 Å². The van der Waals surface area contributed by atoms with Crippen LogP contribution in [-0.4, -0.2) is 28.8 Å². The molecule has 17 heavy (non-hydrogen) atoms. The van der Waals surface area contributed by atoms with Crippen molar-refractivity contribution in [1.82, 2.24) is 4.72 Å². The quantitative estimate of drug-likeness (QED) is 0.767. The lowest BCUT2D eigenvalue weighted by Gasteiger charge is -2.32. The van der Waals surface area contributed by atoms with Crippen LogP contribution in [0.2, 0.25) is 0 Å². The van der Waals surface area contributed by atoms with Gasteiger partial charge >= 0.3 is 0 Å². The molecule has 3 unspecified atom stereocenters. The zero-order valence-electron chi connectivity index (χ0n) is 12.1. The summed E-state index contributed by atoms with van der Waals surface area (Å²) in [6.07, 6.45) is 1.67. The summed E-state index contributed by atoms with van der Waals surface area (Å²) in [4.78, 5) is 0. The van der Waals surface area contributed by atoms with E-state index in [0.29, 0.717) is 0 Å². The minimum absolute atomic E-state index is 0.158. The molecule has 0 bridgehead atoms. The first kappa shape index (κ1) is 17.2. The molecule has 1 heterocycles. The van der Waals surface area contributed by atoms with Crippen LogP contribution in [-0.2, 0) is 4.74 Å². The Morgan fingerprint density at radius 2 is 1.88 bits per heavy atom. The third-order valence-electron chi connectivity index (χ3n) is 2.45. The highest BCUT2D eigenvalue weighted by atomic mass is 32.2. The zero-order chi connectivity index (χ0) is 13.5. The maximum atomic E-state index is 9.55. The highest BCUT2D eigenvalue weighted by molar-refractivity contribution is 7.98. The number of rotatable bonds is 3. The Hall–Kier alpha value is 0.230. The van der Waals surface area contributed by atoms with Gasteiger partial charge in [-0.3, -0.25) is 4.72 Å². The third-order valence-corrected chi connectivity index (χ3v) is 3.38. The van der Waals surface area contributed by atoms with Crippen LogP contribution in [0.15, 0.2) is 0 Å². The largest absolute Gasteiger partial charge is 0.368 e. The van der Waals surface area contributed by atoms with Crippen molar-refractivity contribution in [2.45, 2.75) is 71.5 Å². The predicted octanol–water partition coefficient (Wildman–Crippen LogP) is 3.18. The highest BCUT2D eigenvalue weighted by Gasteiger charge is 2.26. The topological polar surface area (TPSA) is 41.5 Å². The first-order valence-electron chi connectivity index (χ1n) is 6.63. The molecule has 0 radical (unpaired) electrons. The van der Waals surface area contributed by atoms with Crippen molar-refractivity contribution in [2.24, 2.45) is 5.92 Å². The van der Waals surface area contributed by atoms with Crippen LogP contribution < -0.4 is 4.72 Å². The van der Waals surface area contributed by atoms with Crippen LogP contribution >= 0.6 is 11.9 Å². The van der Waals surface area contributed by atoms with Gasteiger partial charge in [0.25, 0.3) is 0 Å². The molecule has 0 saturated carbocycles. The summed E-state index contributed by atoms with van der Waals surface area (Å²) >= 11 is 1.72. The summed E-state index contributed by atoms with van der Waals surface area (Å²) in [6.45, 7) is 13.3. The third kappa shape index (κ3) is 8.03. The SMILES string of the molecule is CC.CC1CCC(CNSC(C)(C)C)OC1O. The molecular weight excluding hydrogens is 234 g/mol. The Labute approximate surface area is 111 Å². The number of nitrogens with one attached hydrogen (secondary N) is 1. The van der Waals surface area contributed by atoms with Gasteiger partial charge in [-0.15, -0.1) is 0 Å². The molecule has 0 amide bonds. The average molecular weight is 263 g/mol. The molecule has 0 aromatic rings. The van der Waals surface area contributed by atoms with Crippen molar-refractivity contribution in [1.29, 1.82) is 0 Å². The fourth-order valence-corrected chi connectivity index (χ4v) is 2.19. The van der Waals surface area contributed by atoms with Gasteiger partial charge in [-0.1, -0.05) is 32.7 Å². The first-order chi connectivity index (χ1) is 7.88. The molecule has 3 atom stereocenters.